The van der Waals surface area contributed by atoms with Gasteiger partial charge in [-0.2, -0.15) is 4.98 Å². The fourth-order valence-corrected chi connectivity index (χ4v) is 2.95. The molecule has 0 aliphatic carbocycles. The van der Waals surface area contributed by atoms with Crippen molar-refractivity contribution in [3.05, 3.63) is 53.9 Å². The first-order valence-corrected chi connectivity index (χ1v) is 9.46. The highest BCUT2D eigenvalue weighted by atomic mass is 16.5. The average Bonchev–Trinajstić information content (AvgIpc) is 3.25. The highest BCUT2D eigenvalue weighted by Gasteiger charge is 2.22. The highest BCUT2D eigenvalue weighted by Crippen LogP contribution is 2.31. The van der Waals surface area contributed by atoms with E-state index in [4.69, 9.17) is 18.7 Å². The predicted molar refractivity (Wildman–Crippen MR) is 111 cm³/mol. The molecule has 0 saturated carbocycles. The molecule has 0 spiro atoms. The van der Waals surface area contributed by atoms with Gasteiger partial charge in [0.25, 0.3) is 5.91 Å². The van der Waals surface area contributed by atoms with E-state index in [2.05, 4.69) is 10.1 Å². The Balaban J connectivity index is 1.80. The second kappa shape index (κ2) is 9.30. The molecule has 0 aliphatic heterocycles. The number of ether oxygens (including phenoxy) is 3. The molecule has 1 aromatic heterocycles. The zero-order valence-electron chi connectivity index (χ0n) is 17.7. The van der Waals surface area contributed by atoms with Crippen LogP contribution in [-0.2, 0) is 6.54 Å². The normalized spacial score (nSPS) is 10.7. The molecule has 0 radical (unpaired) electrons. The van der Waals surface area contributed by atoms with E-state index in [9.17, 15) is 4.79 Å². The fraction of sp³-hybridized carbons (Fsp3) is 0.318. The van der Waals surface area contributed by atoms with Gasteiger partial charge in [-0.3, -0.25) is 4.79 Å². The third-order valence-electron chi connectivity index (χ3n) is 4.64. The Kier molecular flexibility index (Phi) is 6.56. The molecule has 0 unspecified atom stereocenters. The molecule has 0 fully saturated rings. The summed E-state index contributed by atoms with van der Waals surface area (Å²) in [6, 6.07) is 12.3. The van der Waals surface area contributed by atoms with Crippen molar-refractivity contribution in [2.45, 2.75) is 26.4 Å². The van der Waals surface area contributed by atoms with Gasteiger partial charge in [0.2, 0.25) is 11.7 Å². The lowest BCUT2D eigenvalue weighted by Gasteiger charge is -2.25. The van der Waals surface area contributed by atoms with E-state index < -0.39 is 0 Å². The number of aromatic nitrogens is 2. The van der Waals surface area contributed by atoms with Crippen molar-refractivity contribution in [1.29, 1.82) is 0 Å². The molecule has 2 aromatic carbocycles. The van der Waals surface area contributed by atoms with Gasteiger partial charge >= 0.3 is 0 Å². The van der Waals surface area contributed by atoms with Gasteiger partial charge in [-0.15, -0.1) is 0 Å². The number of methoxy groups -OCH3 is 3. The Bertz CT molecular complexity index is 998. The fourth-order valence-electron chi connectivity index (χ4n) is 2.95. The molecule has 3 rings (SSSR count). The number of amides is 1. The summed E-state index contributed by atoms with van der Waals surface area (Å²) in [4.78, 5) is 19.1. The molecule has 30 heavy (non-hydrogen) atoms. The van der Waals surface area contributed by atoms with Crippen molar-refractivity contribution in [2.75, 3.05) is 21.3 Å². The first-order valence-electron chi connectivity index (χ1n) is 9.46. The summed E-state index contributed by atoms with van der Waals surface area (Å²) in [5.74, 6) is 2.50. The van der Waals surface area contributed by atoms with Gasteiger partial charge in [0, 0.05) is 17.2 Å². The van der Waals surface area contributed by atoms with E-state index in [1.807, 2.05) is 19.9 Å². The summed E-state index contributed by atoms with van der Waals surface area (Å²) in [6.07, 6.45) is 0. The zero-order valence-corrected chi connectivity index (χ0v) is 17.7. The number of rotatable bonds is 8. The lowest BCUT2D eigenvalue weighted by Crippen LogP contribution is -2.36. The Morgan fingerprint density at radius 3 is 2.30 bits per heavy atom. The average molecular weight is 411 g/mol. The van der Waals surface area contributed by atoms with Crippen LogP contribution in [0.15, 0.2) is 47.0 Å². The van der Waals surface area contributed by atoms with Gasteiger partial charge in [0.15, 0.2) is 11.5 Å². The molecule has 3 aromatic rings. The monoisotopic (exact) mass is 411 g/mol. The standard InChI is InChI=1S/C22H25N3O5/c1-14(2)25(22(26)15-6-9-17(27-3)10-7-15)13-20-23-21(24-30-20)16-8-11-18(28-4)19(12-16)29-5/h6-12,14H,13H2,1-5H3. The van der Waals surface area contributed by atoms with Gasteiger partial charge in [-0.05, 0) is 56.3 Å². The Hall–Kier alpha value is -3.55. The smallest absolute Gasteiger partial charge is 0.254 e. The third kappa shape index (κ3) is 4.53. The van der Waals surface area contributed by atoms with E-state index in [-0.39, 0.29) is 18.5 Å². The van der Waals surface area contributed by atoms with E-state index in [0.717, 1.165) is 5.56 Å². The molecule has 8 nitrogen and oxygen atoms in total. The van der Waals surface area contributed by atoms with Crippen molar-refractivity contribution in [2.24, 2.45) is 0 Å². The van der Waals surface area contributed by atoms with Crippen LogP contribution in [0, 0.1) is 0 Å². The van der Waals surface area contributed by atoms with Gasteiger partial charge in [0.05, 0.1) is 21.3 Å². The van der Waals surface area contributed by atoms with Crippen LogP contribution in [0.25, 0.3) is 11.4 Å². The zero-order chi connectivity index (χ0) is 21.7. The van der Waals surface area contributed by atoms with Crippen LogP contribution in [-0.4, -0.2) is 48.3 Å². The van der Waals surface area contributed by atoms with Crippen molar-refractivity contribution in [1.82, 2.24) is 15.0 Å². The molecule has 0 atom stereocenters. The van der Waals surface area contributed by atoms with Crippen LogP contribution in [0.4, 0.5) is 0 Å². The first kappa shape index (κ1) is 21.2. The van der Waals surface area contributed by atoms with Gasteiger partial charge in [0.1, 0.15) is 12.3 Å². The summed E-state index contributed by atoms with van der Waals surface area (Å²) >= 11 is 0. The van der Waals surface area contributed by atoms with Crippen molar-refractivity contribution < 1.29 is 23.5 Å². The maximum atomic E-state index is 13.0. The van der Waals surface area contributed by atoms with Crippen LogP contribution < -0.4 is 14.2 Å². The molecule has 0 N–H and O–H groups in total. The Morgan fingerprint density at radius 2 is 1.70 bits per heavy atom. The van der Waals surface area contributed by atoms with Crippen LogP contribution in [0.2, 0.25) is 0 Å². The van der Waals surface area contributed by atoms with Crippen LogP contribution in [0.5, 0.6) is 17.2 Å². The second-order valence-electron chi connectivity index (χ2n) is 6.84. The molecule has 0 saturated heterocycles. The largest absolute Gasteiger partial charge is 0.497 e. The lowest BCUT2D eigenvalue weighted by atomic mass is 10.1. The number of benzene rings is 2. The third-order valence-corrected chi connectivity index (χ3v) is 4.64. The lowest BCUT2D eigenvalue weighted by molar-refractivity contribution is 0.0667. The van der Waals surface area contributed by atoms with Crippen molar-refractivity contribution in [3.8, 4) is 28.6 Å². The molecular weight excluding hydrogens is 386 g/mol. The SMILES string of the molecule is COc1ccc(C(=O)N(Cc2nc(-c3ccc(OC)c(OC)c3)no2)C(C)C)cc1. The summed E-state index contributed by atoms with van der Waals surface area (Å²) < 4.78 is 21.1. The number of carbonyl (C=O) groups excluding carboxylic acids is 1. The van der Waals surface area contributed by atoms with Gasteiger partial charge in [-0.25, -0.2) is 0 Å². The minimum absolute atomic E-state index is 0.0592. The van der Waals surface area contributed by atoms with Crippen LogP contribution in [0.1, 0.15) is 30.1 Å². The Labute approximate surface area is 175 Å². The van der Waals surface area contributed by atoms with Crippen LogP contribution in [0.3, 0.4) is 0 Å². The number of hydrogen-bond donors (Lipinski definition) is 0. The molecular formula is C22H25N3O5. The van der Waals surface area contributed by atoms with Crippen molar-refractivity contribution in [3.63, 3.8) is 0 Å². The van der Waals surface area contributed by atoms with Gasteiger partial charge < -0.3 is 23.6 Å². The summed E-state index contributed by atoms with van der Waals surface area (Å²) in [5.41, 5.74) is 1.28. The molecule has 0 aliphatic rings. The minimum Gasteiger partial charge on any atom is -0.497 e. The molecule has 0 bridgehead atoms. The maximum absolute atomic E-state index is 13.0. The van der Waals surface area contributed by atoms with Gasteiger partial charge in [-0.1, -0.05) is 5.16 Å². The van der Waals surface area contributed by atoms with E-state index in [0.29, 0.717) is 34.5 Å². The molecule has 158 valence electrons. The quantitative estimate of drug-likeness (QED) is 0.557. The Morgan fingerprint density at radius 1 is 1.00 bits per heavy atom. The maximum Gasteiger partial charge on any atom is 0.254 e. The van der Waals surface area contributed by atoms with Crippen molar-refractivity contribution >= 4 is 5.91 Å². The topological polar surface area (TPSA) is 86.9 Å². The van der Waals surface area contributed by atoms with E-state index >= 15 is 0 Å². The number of hydrogen-bond acceptors (Lipinski definition) is 7. The molecule has 1 heterocycles. The number of nitrogens with zero attached hydrogens (tertiary/aromatic N) is 3. The summed E-state index contributed by atoms with van der Waals surface area (Å²) in [5, 5.41) is 4.05. The summed E-state index contributed by atoms with van der Waals surface area (Å²) in [7, 11) is 4.72. The summed E-state index contributed by atoms with van der Waals surface area (Å²) in [6.45, 7) is 4.07. The predicted octanol–water partition coefficient (Wildman–Crippen LogP) is 3.81. The van der Waals surface area contributed by atoms with Crippen LogP contribution >= 0.6 is 0 Å². The van der Waals surface area contributed by atoms with E-state index in [1.165, 1.54) is 0 Å². The highest BCUT2D eigenvalue weighted by molar-refractivity contribution is 5.94. The molecule has 8 heteroatoms. The minimum atomic E-state index is -0.126. The second-order valence-corrected chi connectivity index (χ2v) is 6.84. The molecule has 1 amide bonds. The van der Waals surface area contributed by atoms with E-state index in [1.54, 1.807) is 62.6 Å². The number of carbonyl (C=O) groups is 1. The first-order chi connectivity index (χ1) is 14.5.